The van der Waals surface area contributed by atoms with Crippen LogP contribution in [-0.4, -0.2) is 30.4 Å². The van der Waals surface area contributed by atoms with Crippen molar-refractivity contribution in [1.82, 2.24) is 5.32 Å². The van der Waals surface area contributed by atoms with Crippen molar-refractivity contribution in [2.45, 2.75) is 25.6 Å². The predicted octanol–water partition coefficient (Wildman–Crippen LogP) is 1.01. The number of nitrogens with two attached hydrogens (primary N) is 1. The number of benzene rings is 1. The SMILES string of the molecule is NCCC(O)CCNC(=O)OCc1ccccc1. The molecule has 5 nitrogen and oxygen atoms in total. The zero-order chi connectivity index (χ0) is 13.2. The summed E-state index contributed by atoms with van der Waals surface area (Å²) in [7, 11) is 0. The Hall–Kier alpha value is -1.59. The van der Waals surface area contributed by atoms with Gasteiger partial charge in [-0.05, 0) is 24.9 Å². The lowest BCUT2D eigenvalue weighted by Gasteiger charge is -2.10. The summed E-state index contributed by atoms with van der Waals surface area (Å²) in [6.45, 7) is 1.08. The minimum absolute atomic E-state index is 0.248. The van der Waals surface area contributed by atoms with Crippen LogP contribution in [0.1, 0.15) is 18.4 Å². The second kappa shape index (κ2) is 8.49. The Labute approximate surface area is 107 Å². The molecule has 1 unspecified atom stereocenters. The third-order valence-electron chi connectivity index (χ3n) is 2.46. The van der Waals surface area contributed by atoms with Crippen LogP contribution in [-0.2, 0) is 11.3 Å². The normalized spacial score (nSPS) is 11.9. The molecule has 1 atom stereocenters. The first-order chi connectivity index (χ1) is 8.72. The number of aliphatic hydroxyl groups excluding tert-OH is 1. The molecule has 0 fully saturated rings. The number of ether oxygens (including phenoxy) is 1. The Bertz CT molecular complexity index is 343. The highest BCUT2D eigenvalue weighted by atomic mass is 16.5. The van der Waals surface area contributed by atoms with Crippen LogP contribution in [0, 0.1) is 0 Å². The quantitative estimate of drug-likeness (QED) is 0.676. The highest BCUT2D eigenvalue weighted by molar-refractivity contribution is 5.67. The third-order valence-corrected chi connectivity index (χ3v) is 2.46. The van der Waals surface area contributed by atoms with Gasteiger partial charge in [-0.15, -0.1) is 0 Å². The van der Waals surface area contributed by atoms with Gasteiger partial charge >= 0.3 is 6.09 Å². The van der Waals surface area contributed by atoms with Crippen LogP contribution < -0.4 is 11.1 Å². The topological polar surface area (TPSA) is 84.6 Å². The summed E-state index contributed by atoms with van der Waals surface area (Å²) in [5, 5.41) is 12.0. The van der Waals surface area contributed by atoms with E-state index in [1.165, 1.54) is 0 Å². The molecular weight excluding hydrogens is 232 g/mol. The summed E-state index contributed by atoms with van der Waals surface area (Å²) in [6, 6.07) is 9.46. The van der Waals surface area contributed by atoms with Gasteiger partial charge in [-0.1, -0.05) is 30.3 Å². The Morgan fingerprint density at radius 3 is 2.72 bits per heavy atom. The van der Waals surface area contributed by atoms with Gasteiger partial charge in [0.2, 0.25) is 0 Å². The molecule has 100 valence electrons. The van der Waals surface area contributed by atoms with Gasteiger partial charge in [0.05, 0.1) is 6.10 Å². The molecule has 18 heavy (non-hydrogen) atoms. The number of nitrogens with one attached hydrogen (secondary N) is 1. The van der Waals surface area contributed by atoms with E-state index < -0.39 is 12.2 Å². The maximum Gasteiger partial charge on any atom is 0.407 e. The van der Waals surface area contributed by atoms with E-state index in [1.54, 1.807) is 0 Å². The maximum absolute atomic E-state index is 11.3. The molecule has 0 aliphatic carbocycles. The lowest BCUT2D eigenvalue weighted by molar-refractivity contribution is 0.132. The largest absolute Gasteiger partial charge is 0.445 e. The number of rotatable bonds is 7. The van der Waals surface area contributed by atoms with Gasteiger partial charge in [0.15, 0.2) is 0 Å². The molecule has 0 aromatic heterocycles. The Morgan fingerprint density at radius 2 is 2.06 bits per heavy atom. The molecule has 1 amide bonds. The van der Waals surface area contributed by atoms with E-state index in [-0.39, 0.29) is 6.61 Å². The van der Waals surface area contributed by atoms with Crippen molar-refractivity contribution in [2.24, 2.45) is 5.73 Å². The van der Waals surface area contributed by atoms with E-state index in [0.29, 0.717) is 25.9 Å². The van der Waals surface area contributed by atoms with Crippen LogP contribution in [0.4, 0.5) is 4.79 Å². The van der Waals surface area contributed by atoms with Crippen molar-refractivity contribution >= 4 is 6.09 Å². The van der Waals surface area contributed by atoms with Crippen molar-refractivity contribution in [3.8, 4) is 0 Å². The van der Waals surface area contributed by atoms with Crippen LogP contribution in [0.3, 0.4) is 0 Å². The fourth-order valence-electron chi connectivity index (χ4n) is 1.45. The summed E-state index contributed by atoms with van der Waals surface area (Å²) >= 11 is 0. The van der Waals surface area contributed by atoms with Gasteiger partial charge in [-0.3, -0.25) is 0 Å². The maximum atomic E-state index is 11.3. The molecule has 1 aromatic carbocycles. The Balaban J connectivity index is 2.11. The summed E-state index contributed by atoms with van der Waals surface area (Å²) < 4.78 is 5.01. The zero-order valence-corrected chi connectivity index (χ0v) is 10.3. The summed E-state index contributed by atoms with van der Waals surface area (Å²) in [6.07, 6.45) is 0.0847. The van der Waals surface area contributed by atoms with Crippen LogP contribution in [0.15, 0.2) is 30.3 Å². The second-order valence-electron chi connectivity index (χ2n) is 4.01. The van der Waals surface area contributed by atoms with Crippen molar-refractivity contribution in [3.63, 3.8) is 0 Å². The number of hydrogen-bond donors (Lipinski definition) is 3. The van der Waals surface area contributed by atoms with Gasteiger partial charge < -0.3 is 20.9 Å². The Kier molecular flexibility index (Phi) is 6.83. The molecule has 0 saturated heterocycles. The molecule has 0 aliphatic heterocycles. The number of alkyl carbamates (subject to hydrolysis) is 1. The van der Waals surface area contributed by atoms with Crippen molar-refractivity contribution in [3.05, 3.63) is 35.9 Å². The average Bonchev–Trinajstić information content (AvgIpc) is 2.38. The van der Waals surface area contributed by atoms with E-state index >= 15 is 0 Å². The number of amides is 1. The minimum atomic E-state index is -0.473. The molecule has 0 saturated carbocycles. The van der Waals surface area contributed by atoms with E-state index in [1.807, 2.05) is 30.3 Å². The summed E-state index contributed by atoms with van der Waals surface area (Å²) in [5.74, 6) is 0. The number of aliphatic hydroxyl groups is 1. The molecule has 1 aromatic rings. The molecular formula is C13H20N2O3. The zero-order valence-electron chi connectivity index (χ0n) is 10.3. The number of carbonyl (C=O) groups excluding carboxylic acids is 1. The molecule has 0 spiro atoms. The first-order valence-corrected chi connectivity index (χ1v) is 6.05. The van der Waals surface area contributed by atoms with E-state index in [4.69, 9.17) is 10.5 Å². The number of hydrogen-bond acceptors (Lipinski definition) is 4. The van der Waals surface area contributed by atoms with Gasteiger partial charge in [0, 0.05) is 6.54 Å². The predicted molar refractivity (Wildman–Crippen MR) is 68.9 cm³/mol. The standard InChI is InChI=1S/C13H20N2O3/c14-8-6-12(16)7-9-15-13(17)18-10-11-4-2-1-3-5-11/h1-5,12,16H,6-10,14H2,(H,15,17). The molecule has 0 aliphatic rings. The second-order valence-corrected chi connectivity index (χ2v) is 4.01. The summed E-state index contributed by atoms with van der Waals surface area (Å²) in [5.41, 5.74) is 6.24. The average molecular weight is 252 g/mol. The fourth-order valence-corrected chi connectivity index (χ4v) is 1.45. The van der Waals surface area contributed by atoms with Crippen LogP contribution >= 0.6 is 0 Å². The molecule has 1 rings (SSSR count). The van der Waals surface area contributed by atoms with Crippen LogP contribution in [0.25, 0.3) is 0 Å². The van der Waals surface area contributed by atoms with Crippen molar-refractivity contribution in [1.29, 1.82) is 0 Å². The minimum Gasteiger partial charge on any atom is -0.445 e. The van der Waals surface area contributed by atoms with Crippen LogP contribution in [0.5, 0.6) is 0 Å². The monoisotopic (exact) mass is 252 g/mol. The third kappa shape index (κ3) is 6.22. The Morgan fingerprint density at radius 1 is 1.33 bits per heavy atom. The van der Waals surface area contributed by atoms with Gasteiger partial charge in [-0.2, -0.15) is 0 Å². The lowest BCUT2D eigenvalue weighted by Crippen LogP contribution is -2.28. The molecule has 4 N–H and O–H groups in total. The first-order valence-electron chi connectivity index (χ1n) is 6.05. The van der Waals surface area contributed by atoms with Gasteiger partial charge in [0.25, 0.3) is 0 Å². The fraction of sp³-hybridized carbons (Fsp3) is 0.462. The first kappa shape index (κ1) is 14.5. The molecule has 5 heteroatoms. The molecule has 0 heterocycles. The highest BCUT2D eigenvalue weighted by Gasteiger charge is 2.05. The van der Waals surface area contributed by atoms with Gasteiger partial charge in [-0.25, -0.2) is 4.79 Å². The van der Waals surface area contributed by atoms with E-state index in [9.17, 15) is 9.90 Å². The van der Waals surface area contributed by atoms with E-state index in [2.05, 4.69) is 5.32 Å². The number of carbonyl (C=O) groups is 1. The van der Waals surface area contributed by atoms with Crippen LogP contribution in [0.2, 0.25) is 0 Å². The van der Waals surface area contributed by atoms with Crippen molar-refractivity contribution < 1.29 is 14.6 Å². The summed E-state index contributed by atoms with van der Waals surface area (Å²) in [4.78, 5) is 11.3. The van der Waals surface area contributed by atoms with E-state index in [0.717, 1.165) is 5.56 Å². The molecule has 0 bridgehead atoms. The van der Waals surface area contributed by atoms with Gasteiger partial charge in [0.1, 0.15) is 6.61 Å². The van der Waals surface area contributed by atoms with Crippen molar-refractivity contribution in [2.75, 3.05) is 13.1 Å². The smallest absolute Gasteiger partial charge is 0.407 e. The lowest BCUT2D eigenvalue weighted by atomic mass is 10.2. The molecule has 0 radical (unpaired) electrons. The highest BCUT2D eigenvalue weighted by Crippen LogP contribution is 2.00.